The van der Waals surface area contributed by atoms with E-state index in [2.05, 4.69) is 188 Å². The average Bonchev–Trinajstić information content (AvgIpc) is 3.93. The number of hydrogen-bond donors (Lipinski definition) is 1. The number of para-hydroxylation sites is 2. The van der Waals surface area contributed by atoms with Crippen molar-refractivity contribution in [2.75, 3.05) is 4.90 Å². The second-order valence-electron chi connectivity index (χ2n) is 17.1. The number of thiophene rings is 1. The summed E-state index contributed by atoms with van der Waals surface area (Å²) in [7, 11) is 0. The molecular formula is C57H49N3S3. The zero-order valence-corrected chi connectivity index (χ0v) is 37.9. The summed E-state index contributed by atoms with van der Waals surface area (Å²) in [5, 5.41) is 6.69. The number of nitrogens with two attached hydrogens (primary N) is 1. The third-order valence-electron chi connectivity index (χ3n) is 13.0. The van der Waals surface area contributed by atoms with E-state index in [0.717, 1.165) is 71.8 Å². The van der Waals surface area contributed by atoms with Crippen molar-refractivity contribution in [3.8, 4) is 0 Å². The van der Waals surface area contributed by atoms with E-state index >= 15 is 0 Å². The van der Waals surface area contributed by atoms with Crippen LogP contribution in [-0.4, -0.2) is 4.98 Å². The van der Waals surface area contributed by atoms with Crippen LogP contribution in [0, 0.1) is 11.8 Å². The van der Waals surface area contributed by atoms with Gasteiger partial charge in [0.2, 0.25) is 0 Å². The molecule has 8 aromatic rings. The van der Waals surface area contributed by atoms with E-state index in [1.54, 1.807) is 16.9 Å². The van der Waals surface area contributed by atoms with Gasteiger partial charge in [0.05, 0.1) is 10.2 Å². The highest BCUT2D eigenvalue weighted by atomic mass is 32.2. The molecule has 6 aromatic carbocycles. The van der Waals surface area contributed by atoms with Crippen molar-refractivity contribution in [2.24, 2.45) is 17.6 Å². The van der Waals surface area contributed by atoms with Crippen LogP contribution >= 0.6 is 34.4 Å². The number of allylic oxidation sites excluding steroid dienone is 11. The quantitative estimate of drug-likeness (QED) is 0.141. The number of aromatic nitrogens is 1. The third-order valence-corrected chi connectivity index (χ3v) is 16.6. The van der Waals surface area contributed by atoms with Gasteiger partial charge in [-0.25, -0.2) is 4.98 Å². The van der Waals surface area contributed by atoms with Gasteiger partial charge < -0.3 is 10.6 Å². The zero-order chi connectivity index (χ0) is 42.3. The van der Waals surface area contributed by atoms with Gasteiger partial charge in [0.25, 0.3) is 0 Å². The molecule has 2 heterocycles. The van der Waals surface area contributed by atoms with E-state index in [1.165, 1.54) is 57.2 Å². The summed E-state index contributed by atoms with van der Waals surface area (Å²) in [6, 6.07) is 47.4. The summed E-state index contributed by atoms with van der Waals surface area (Å²) in [5.41, 5.74) is 17.3. The van der Waals surface area contributed by atoms with Crippen molar-refractivity contribution >= 4 is 98.2 Å². The molecule has 0 saturated heterocycles. The molecule has 3 aliphatic carbocycles. The Kier molecular flexibility index (Phi) is 11.0. The lowest BCUT2D eigenvalue weighted by atomic mass is 9.75. The Hall–Kier alpha value is -5.92. The minimum absolute atomic E-state index is 0.315. The van der Waals surface area contributed by atoms with Crippen LogP contribution in [0.2, 0.25) is 0 Å². The molecule has 3 atom stereocenters. The summed E-state index contributed by atoms with van der Waals surface area (Å²) < 4.78 is 3.88. The fourth-order valence-electron chi connectivity index (χ4n) is 9.64. The van der Waals surface area contributed by atoms with Gasteiger partial charge in [-0.2, -0.15) is 0 Å². The standard InChI is InChI=1S/C57H49N3S3/c1-37(61-53-18-10-8-16-51(53)58)39-26-28-46(29-27-39)60(45-14-6-3-7-15-45)47-30-31-48-50-34-43-21-20-38(32-44(43)35-55(50)62-56(48)36-47)33-49(40-12-4-2-5-13-40)41-22-24-42(25-23-41)57-59-52-17-9-11-19-54(52)63-57/h2-4,6-9,11-12,14-17,19-22,24-32,34-37,41,49H,5,10,13,18,23,33,58H2,1H3/t37-,41?,49-/m0/s1. The largest absolute Gasteiger partial charge is 0.398 e. The normalized spacial score (nSPS) is 17.4. The highest BCUT2D eigenvalue weighted by Gasteiger charge is 2.26. The molecule has 3 nitrogen and oxygen atoms in total. The Morgan fingerprint density at radius 2 is 1.54 bits per heavy atom. The molecule has 0 spiro atoms. The van der Waals surface area contributed by atoms with Crippen molar-refractivity contribution in [3.63, 3.8) is 0 Å². The minimum Gasteiger partial charge on any atom is -0.398 e. The maximum Gasteiger partial charge on any atom is 0.124 e. The molecule has 0 saturated carbocycles. The SMILES string of the molecule is C[C@H](SC1=C(N)C=CCC1)c1ccc(N(c2ccccc2)c2ccc3c(c2)sc2cc4cc(C[C@@H](C5=CC=CCC5)C5C=CC(c6nc7ccccc7s6)=CC5)ccc4cc23)cc1. The molecule has 2 aromatic heterocycles. The number of benzene rings is 6. The highest BCUT2D eigenvalue weighted by Crippen LogP contribution is 2.44. The lowest BCUT2D eigenvalue weighted by Crippen LogP contribution is -2.20. The Balaban J connectivity index is 0.873. The average molecular weight is 872 g/mol. The number of hydrogen-bond acceptors (Lipinski definition) is 6. The number of thiazole rings is 1. The summed E-state index contributed by atoms with van der Waals surface area (Å²) >= 11 is 5.58. The molecule has 0 fully saturated rings. The van der Waals surface area contributed by atoms with Gasteiger partial charge in [-0.3, -0.25) is 0 Å². The number of thioether (sulfide) groups is 1. The summed E-state index contributed by atoms with van der Waals surface area (Å²) in [6.07, 6.45) is 24.8. The number of rotatable bonds is 11. The zero-order valence-electron chi connectivity index (χ0n) is 35.4. The molecule has 11 rings (SSSR count). The highest BCUT2D eigenvalue weighted by molar-refractivity contribution is 8.03. The van der Waals surface area contributed by atoms with Gasteiger partial charge in [0.1, 0.15) is 5.01 Å². The Bertz CT molecular complexity index is 3160. The topological polar surface area (TPSA) is 42.1 Å². The predicted molar refractivity (Wildman–Crippen MR) is 276 cm³/mol. The maximum atomic E-state index is 6.34. The van der Waals surface area contributed by atoms with Crippen molar-refractivity contribution in [1.82, 2.24) is 4.98 Å². The van der Waals surface area contributed by atoms with Crippen LogP contribution in [0.3, 0.4) is 0 Å². The van der Waals surface area contributed by atoms with E-state index in [0.29, 0.717) is 17.1 Å². The van der Waals surface area contributed by atoms with Crippen LogP contribution in [0.5, 0.6) is 0 Å². The van der Waals surface area contributed by atoms with E-state index in [9.17, 15) is 0 Å². The maximum absolute atomic E-state index is 6.34. The Labute approximate surface area is 382 Å². The first-order valence-electron chi connectivity index (χ1n) is 22.3. The van der Waals surface area contributed by atoms with Gasteiger partial charge in [0.15, 0.2) is 0 Å². The van der Waals surface area contributed by atoms with E-state index in [-0.39, 0.29) is 0 Å². The molecular weight excluding hydrogens is 823 g/mol. The molecule has 1 unspecified atom stereocenters. The van der Waals surface area contributed by atoms with Gasteiger partial charge in [-0.15, -0.1) is 34.4 Å². The van der Waals surface area contributed by atoms with Gasteiger partial charge in [0, 0.05) is 58.7 Å². The first-order valence-corrected chi connectivity index (χ1v) is 24.8. The molecule has 6 heteroatoms. The van der Waals surface area contributed by atoms with Gasteiger partial charge >= 0.3 is 0 Å². The van der Waals surface area contributed by atoms with Crippen LogP contribution in [0.1, 0.15) is 60.4 Å². The van der Waals surface area contributed by atoms with E-state index < -0.39 is 0 Å². The summed E-state index contributed by atoms with van der Waals surface area (Å²) in [6.45, 7) is 2.28. The van der Waals surface area contributed by atoms with Gasteiger partial charge in [-0.1, -0.05) is 115 Å². The van der Waals surface area contributed by atoms with Gasteiger partial charge in [-0.05, 0) is 146 Å². The van der Waals surface area contributed by atoms with Crippen LogP contribution in [0.15, 0.2) is 192 Å². The molecule has 63 heavy (non-hydrogen) atoms. The molecule has 0 bridgehead atoms. The lowest BCUT2D eigenvalue weighted by molar-refractivity contribution is 0.438. The lowest BCUT2D eigenvalue weighted by Gasteiger charge is -2.30. The van der Waals surface area contributed by atoms with Crippen LogP contribution in [0.4, 0.5) is 17.1 Å². The summed E-state index contributed by atoms with van der Waals surface area (Å²) in [4.78, 5) is 8.64. The fraction of sp³-hybridized carbons (Fsp3) is 0.175. The first-order chi connectivity index (χ1) is 31.0. The van der Waals surface area contributed by atoms with Crippen molar-refractivity contribution in [2.45, 2.75) is 50.7 Å². The van der Waals surface area contributed by atoms with Crippen LogP contribution in [0.25, 0.3) is 46.7 Å². The van der Waals surface area contributed by atoms with Crippen molar-refractivity contribution in [1.29, 1.82) is 0 Å². The predicted octanol–water partition coefficient (Wildman–Crippen LogP) is 16.7. The number of fused-ring (bicyclic) bond motifs is 5. The summed E-state index contributed by atoms with van der Waals surface area (Å²) in [5.74, 6) is 0.902. The fourth-order valence-corrected chi connectivity index (χ4v) is 13.0. The Morgan fingerprint density at radius 1 is 0.730 bits per heavy atom. The number of nitrogens with zero attached hydrogens (tertiary/aromatic N) is 2. The first kappa shape index (κ1) is 39.9. The van der Waals surface area contributed by atoms with Crippen molar-refractivity contribution in [3.05, 3.63) is 208 Å². The second kappa shape index (κ2) is 17.3. The molecule has 0 aliphatic heterocycles. The smallest absolute Gasteiger partial charge is 0.124 e. The molecule has 0 radical (unpaired) electrons. The van der Waals surface area contributed by atoms with Crippen molar-refractivity contribution < 1.29 is 0 Å². The minimum atomic E-state index is 0.315. The van der Waals surface area contributed by atoms with Crippen LogP contribution < -0.4 is 10.6 Å². The molecule has 310 valence electrons. The second-order valence-corrected chi connectivity index (χ2v) is 20.6. The number of anilines is 3. The van der Waals surface area contributed by atoms with E-state index in [1.807, 2.05) is 23.1 Å². The van der Waals surface area contributed by atoms with E-state index in [4.69, 9.17) is 10.7 Å². The Morgan fingerprint density at radius 3 is 2.35 bits per heavy atom. The monoisotopic (exact) mass is 871 g/mol. The van der Waals surface area contributed by atoms with Crippen LogP contribution in [-0.2, 0) is 6.42 Å². The molecule has 2 N–H and O–H groups in total. The molecule has 3 aliphatic rings. The molecule has 0 amide bonds. The third kappa shape index (κ3) is 8.12.